The molecule has 1 heterocycles. The summed E-state index contributed by atoms with van der Waals surface area (Å²) in [6, 6.07) is 0. The van der Waals surface area contributed by atoms with Gasteiger partial charge in [0.05, 0.1) is 13.2 Å². The van der Waals surface area contributed by atoms with Crippen molar-refractivity contribution in [2.24, 2.45) is 0 Å². The van der Waals surface area contributed by atoms with Gasteiger partial charge in [0.2, 0.25) is 11.8 Å². The molecule has 1 rings (SSSR count). The molecule has 1 aromatic rings. The van der Waals surface area contributed by atoms with E-state index in [2.05, 4.69) is 9.97 Å². The van der Waals surface area contributed by atoms with Crippen LogP contribution in [0.1, 0.15) is 6.92 Å². The predicted octanol–water partition coefficient (Wildman–Crippen LogP) is -0.171. The fourth-order valence-corrected chi connectivity index (χ4v) is 0.873. The lowest BCUT2D eigenvalue weighted by Gasteiger charge is -2.09. The van der Waals surface area contributed by atoms with E-state index >= 15 is 0 Å². The number of aromatic nitrogens is 2. The van der Waals surface area contributed by atoms with Gasteiger partial charge in [-0.3, -0.25) is 0 Å². The van der Waals surface area contributed by atoms with Gasteiger partial charge in [-0.2, -0.15) is 9.97 Å². The van der Waals surface area contributed by atoms with Gasteiger partial charge < -0.3 is 20.3 Å². The maximum absolute atomic E-state index is 8.55. The molecular formula is C8H13N3O3. The lowest BCUT2D eigenvalue weighted by Crippen LogP contribution is -2.08. The van der Waals surface area contributed by atoms with E-state index in [0.29, 0.717) is 12.5 Å². The van der Waals surface area contributed by atoms with Crippen LogP contribution in [0.3, 0.4) is 0 Å². The van der Waals surface area contributed by atoms with Crippen molar-refractivity contribution in [2.75, 3.05) is 25.6 Å². The van der Waals surface area contributed by atoms with Gasteiger partial charge in [0, 0.05) is 0 Å². The van der Waals surface area contributed by atoms with Gasteiger partial charge >= 0.3 is 0 Å². The first-order valence-electron chi connectivity index (χ1n) is 4.26. The van der Waals surface area contributed by atoms with Crippen molar-refractivity contribution in [1.29, 1.82) is 0 Å². The van der Waals surface area contributed by atoms with Gasteiger partial charge in [0.15, 0.2) is 5.69 Å². The Balaban J connectivity index is 2.78. The number of ether oxygens (including phenoxy) is 2. The summed E-state index contributed by atoms with van der Waals surface area (Å²) in [5.41, 5.74) is 5.91. The highest BCUT2D eigenvalue weighted by atomic mass is 16.5. The molecule has 1 aromatic heterocycles. The Bertz CT molecular complexity index is 293. The minimum absolute atomic E-state index is 0.0899. The highest BCUT2D eigenvalue weighted by Gasteiger charge is 2.09. The highest BCUT2D eigenvalue weighted by molar-refractivity contribution is 5.55. The largest absolute Gasteiger partial charge is 0.476 e. The van der Waals surface area contributed by atoms with Crippen LogP contribution in [0.25, 0.3) is 0 Å². The topological polar surface area (TPSA) is 90.5 Å². The number of hydrogen-bond acceptors (Lipinski definition) is 6. The fourth-order valence-electron chi connectivity index (χ4n) is 0.873. The first kappa shape index (κ1) is 10.5. The standard InChI is InChI=1S/C8H13N3O3/c1-2-13-7-6(9)8(11-5-10-7)14-4-3-12/h5,12H,2-4,9H2,1H3. The molecule has 6 nitrogen and oxygen atoms in total. The van der Waals surface area contributed by atoms with E-state index in [1.165, 1.54) is 6.33 Å². The van der Waals surface area contributed by atoms with Gasteiger partial charge in [0.25, 0.3) is 0 Å². The molecule has 0 amide bonds. The average Bonchev–Trinajstić information content (AvgIpc) is 2.20. The lowest BCUT2D eigenvalue weighted by atomic mass is 10.5. The fraction of sp³-hybridized carbons (Fsp3) is 0.500. The van der Waals surface area contributed by atoms with Crippen LogP contribution >= 0.6 is 0 Å². The number of nitrogen functional groups attached to an aromatic ring is 1. The molecule has 0 aromatic carbocycles. The number of nitrogens with two attached hydrogens (primary N) is 1. The molecule has 78 valence electrons. The van der Waals surface area contributed by atoms with Crippen molar-refractivity contribution in [3.05, 3.63) is 6.33 Å². The van der Waals surface area contributed by atoms with Gasteiger partial charge in [-0.1, -0.05) is 0 Å². The second-order valence-electron chi connectivity index (χ2n) is 2.40. The Morgan fingerprint density at radius 2 is 2.00 bits per heavy atom. The zero-order chi connectivity index (χ0) is 10.4. The highest BCUT2D eigenvalue weighted by Crippen LogP contribution is 2.26. The molecule has 3 N–H and O–H groups in total. The summed E-state index contributed by atoms with van der Waals surface area (Å²) >= 11 is 0. The molecule has 0 unspecified atom stereocenters. The van der Waals surface area contributed by atoms with Crippen LogP contribution in [0.4, 0.5) is 5.69 Å². The van der Waals surface area contributed by atoms with Crippen LogP contribution in [0, 0.1) is 0 Å². The minimum atomic E-state index is -0.0899. The summed E-state index contributed by atoms with van der Waals surface area (Å²) in [6.07, 6.45) is 1.30. The molecule has 0 bridgehead atoms. The quantitative estimate of drug-likeness (QED) is 0.684. The number of aliphatic hydroxyl groups is 1. The molecule has 0 fully saturated rings. The van der Waals surface area contributed by atoms with Crippen molar-refractivity contribution in [2.45, 2.75) is 6.92 Å². The summed E-state index contributed by atoms with van der Waals surface area (Å²) in [5, 5.41) is 8.55. The number of rotatable bonds is 5. The Hall–Kier alpha value is -1.56. The first-order chi connectivity index (χ1) is 6.79. The number of nitrogens with zero attached hydrogens (tertiary/aromatic N) is 2. The van der Waals surface area contributed by atoms with Crippen molar-refractivity contribution < 1.29 is 14.6 Å². The van der Waals surface area contributed by atoms with Crippen LogP contribution in [0.15, 0.2) is 6.33 Å². The molecule has 0 radical (unpaired) electrons. The van der Waals surface area contributed by atoms with E-state index in [9.17, 15) is 0 Å². The Morgan fingerprint density at radius 1 is 1.36 bits per heavy atom. The third-order valence-corrected chi connectivity index (χ3v) is 1.42. The number of anilines is 1. The first-order valence-corrected chi connectivity index (χ1v) is 4.26. The minimum Gasteiger partial charge on any atom is -0.476 e. The number of aliphatic hydroxyl groups excluding tert-OH is 1. The summed E-state index contributed by atoms with van der Waals surface area (Å²) in [6.45, 7) is 2.36. The number of hydrogen-bond donors (Lipinski definition) is 2. The van der Waals surface area contributed by atoms with Crippen molar-refractivity contribution >= 4 is 5.69 Å². The van der Waals surface area contributed by atoms with Crippen molar-refractivity contribution in [3.63, 3.8) is 0 Å². The Morgan fingerprint density at radius 3 is 2.57 bits per heavy atom. The molecule has 0 saturated carbocycles. The smallest absolute Gasteiger partial charge is 0.244 e. The lowest BCUT2D eigenvalue weighted by molar-refractivity contribution is 0.196. The Kier molecular flexibility index (Phi) is 3.93. The van der Waals surface area contributed by atoms with E-state index in [-0.39, 0.29) is 24.8 Å². The van der Waals surface area contributed by atoms with E-state index < -0.39 is 0 Å². The summed E-state index contributed by atoms with van der Waals surface area (Å²) in [7, 11) is 0. The molecule has 0 atom stereocenters. The maximum Gasteiger partial charge on any atom is 0.244 e. The molecular weight excluding hydrogens is 186 g/mol. The SMILES string of the molecule is CCOc1ncnc(OCCO)c1N. The van der Waals surface area contributed by atoms with E-state index in [0.717, 1.165) is 0 Å². The van der Waals surface area contributed by atoms with Crippen LogP contribution in [0.2, 0.25) is 0 Å². The average molecular weight is 199 g/mol. The monoisotopic (exact) mass is 199 g/mol. The van der Waals surface area contributed by atoms with Crippen LogP contribution in [-0.2, 0) is 0 Å². The summed E-state index contributed by atoms with van der Waals surface area (Å²) < 4.78 is 10.2. The molecule has 0 aliphatic rings. The van der Waals surface area contributed by atoms with Gasteiger partial charge in [-0.05, 0) is 6.92 Å². The van der Waals surface area contributed by atoms with Gasteiger partial charge in [-0.25, -0.2) is 0 Å². The zero-order valence-electron chi connectivity index (χ0n) is 7.93. The van der Waals surface area contributed by atoms with Gasteiger partial charge in [-0.15, -0.1) is 0 Å². The third kappa shape index (κ3) is 2.46. The van der Waals surface area contributed by atoms with Crippen LogP contribution < -0.4 is 15.2 Å². The molecule has 0 aliphatic carbocycles. The van der Waals surface area contributed by atoms with Gasteiger partial charge in [0.1, 0.15) is 12.9 Å². The molecule has 6 heteroatoms. The molecule has 0 saturated heterocycles. The van der Waals surface area contributed by atoms with Crippen molar-refractivity contribution in [3.8, 4) is 11.8 Å². The summed E-state index contributed by atoms with van der Waals surface area (Å²) in [5.74, 6) is 0.535. The normalized spacial score (nSPS) is 9.86. The Labute approximate surface area is 81.7 Å². The second-order valence-corrected chi connectivity index (χ2v) is 2.40. The van der Waals surface area contributed by atoms with Crippen LogP contribution in [-0.4, -0.2) is 34.9 Å². The molecule has 0 spiro atoms. The molecule has 14 heavy (non-hydrogen) atoms. The predicted molar refractivity (Wildman–Crippen MR) is 50.2 cm³/mol. The second kappa shape index (κ2) is 5.23. The third-order valence-electron chi connectivity index (χ3n) is 1.42. The molecule has 0 aliphatic heterocycles. The van der Waals surface area contributed by atoms with Crippen molar-refractivity contribution in [1.82, 2.24) is 9.97 Å². The van der Waals surface area contributed by atoms with E-state index in [1.54, 1.807) is 0 Å². The van der Waals surface area contributed by atoms with E-state index in [1.807, 2.05) is 6.92 Å². The maximum atomic E-state index is 8.55. The summed E-state index contributed by atoms with van der Waals surface area (Å²) in [4.78, 5) is 7.65. The van der Waals surface area contributed by atoms with Crippen LogP contribution in [0.5, 0.6) is 11.8 Å². The van der Waals surface area contributed by atoms with E-state index in [4.69, 9.17) is 20.3 Å². The zero-order valence-corrected chi connectivity index (χ0v) is 7.93.